The van der Waals surface area contributed by atoms with E-state index in [4.69, 9.17) is 17.3 Å². The Hall–Kier alpha value is -0.890. The van der Waals surface area contributed by atoms with Crippen LogP contribution in [0.4, 0.5) is 11.4 Å². The molecule has 0 unspecified atom stereocenters. The number of rotatable bonds is 2. The highest BCUT2D eigenvalue weighted by molar-refractivity contribution is 6.33. The van der Waals surface area contributed by atoms with Crippen molar-refractivity contribution in [3.8, 4) is 0 Å². The first kappa shape index (κ1) is 9.20. The third kappa shape index (κ3) is 1.64. The van der Waals surface area contributed by atoms with Crippen LogP contribution in [-0.2, 0) is 0 Å². The van der Waals surface area contributed by atoms with Crippen LogP contribution in [0.3, 0.4) is 0 Å². The molecule has 1 aromatic rings. The fourth-order valence-corrected chi connectivity index (χ4v) is 1.20. The van der Waals surface area contributed by atoms with Gasteiger partial charge in [0.05, 0.1) is 16.4 Å². The average molecular weight is 185 g/mol. The molecule has 1 aromatic carbocycles. The lowest BCUT2D eigenvalue weighted by atomic mass is 10.2. The summed E-state index contributed by atoms with van der Waals surface area (Å²) in [7, 11) is 1.99. The van der Waals surface area contributed by atoms with Crippen LogP contribution in [0.15, 0.2) is 18.2 Å². The van der Waals surface area contributed by atoms with Crippen LogP contribution in [0.25, 0.3) is 0 Å². The summed E-state index contributed by atoms with van der Waals surface area (Å²) in [5, 5.41) is 0.618. The molecule has 0 heterocycles. The second-order valence-electron chi connectivity index (χ2n) is 2.69. The minimum atomic E-state index is 0.618. The highest BCUT2D eigenvalue weighted by Crippen LogP contribution is 2.28. The number of benzene rings is 1. The Morgan fingerprint density at radius 3 is 2.75 bits per heavy atom. The van der Waals surface area contributed by atoms with E-state index in [0.717, 1.165) is 12.2 Å². The van der Waals surface area contributed by atoms with Gasteiger partial charge in [0, 0.05) is 13.6 Å². The molecule has 0 amide bonds. The largest absolute Gasteiger partial charge is 0.396 e. The number of nitrogens with two attached hydrogens (primary N) is 1. The Bertz CT molecular complexity index is 273. The van der Waals surface area contributed by atoms with Crippen molar-refractivity contribution in [3.05, 3.63) is 23.2 Å². The maximum atomic E-state index is 5.86. The van der Waals surface area contributed by atoms with Gasteiger partial charge < -0.3 is 10.6 Å². The molecule has 66 valence electrons. The van der Waals surface area contributed by atoms with Crippen LogP contribution >= 0.6 is 11.6 Å². The molecule has 0 aliphatic rings. The summed E-state index contributed by atoms with van der Waals surface area (Å²) in [4.78, 5) is 2.06. The van der Waals surface area contributed by atoms with Crippen molar-refractivity contribution in [1.82, 2.24) is 0 Å². The van der Waals surface area contributed by atoms with E-state index in [2.05, 4.69) is 11.8 Å². The smallest absolute Gasteiger partial charge is 0.0741 e. The van der Waals surface area contributed by atoms with Crippen LogP contribution in [0.2, 0.25) is 5.02 Å². The van der Waals surface area contributed by atoms with Gasteiger partial charge in [-0.15, -0.1) is 0 Å². The van der Waals surface area contributed by atoms with Gasteiger partial charge in [-0.2, -0.15) is 0 Å². The molecule has 0 atom stereocenters. The van der Waals surface area contributed by atoms with Crippen LogP contribution in [0.5, 0.6) is 0 Å². The van der Waals surface area contributed by atoms with Gasteiger partial charge in [-0.05, 0) is 19.1 Å². The molecule has 3 heteroatoms. The van der Waals surface area contributed by atoms with Gasteiger partial charge >= 0.3 is 0 Å². The molecule has 2 N–H and O–H groups in total. The summed E-state index contributed by atoms with van der Waals surface area (Å²) in [6.07, 6.45) is 0. The van der Waals surface area contributed by atoms with Crippen LogP contribution in [0.1, 0.15) is 6.92 Å². The van der Waals surface area contributed by atoms with E-state index >= 15 is 0 Å². The van der Waals surface area contributed by atoms with Gasteiger partial charge in [0.1, 0.15) is 0 Å². The molecule has 1 rings (SSSR count). The third-order valence-electron chi connectivity index (χ3n) is 1.92. The molecule has 0 spiro atoms. The fourth-order valence-electron chi connectivity index (χ4n) is 1.03. The summed E-state index contributed by atoms with van der Waals surface area (Å²) in [5.74, 6) is 0. The Balaban J connectivity index is 3.07. The highest BCUT2D eigenvalue weighted by Gasteiger charge is 2.04. The zero-order valence-electron chi connectivity index (χ0n) is 7.34. The van der Waals surface area contributed by atoms with Gasteiger partial charge in [0.15, 0.2) is 0 Å². The molecular formula is C9H13ClN2. The Morgan fingerprint density at radius 2 is 2.17 bits per heavy atom. The predicted molar refractivity (Wildman–Crippen MR) is 54.8 cm³/mol. The summed E-state index contributed by atoms with van der Waals surface area (Å²) < 4.78 is 0. The van der Waals surface area contributed by atoms with E-state index < -0.39 is 0 Å². The summed E-state index contributed by atoms with van der Waals surface area (Å²) >= 11 is 5.86. The Labute approximate surface area is 77.9 Å². The van der Waals surface area contributed by atoms with E-state index in [-0.39, 0.29) is 0 Å². The molecule has 0 aromatic heterocycles. The second-order valence-corrected chi connectivity index (χ2v) is 3.09. The zero-order chi connectivity index (χ0) is 9.14. The summed E-state index contributed by atoms with van der Waals surface area (Å²) in [6.45, 7) is 2.99. The molecule has 0 radical (unpaired) electrons. The minimum Gasteiger partial charge on any atom is -0.396 e. The minimum absolute atomic E-state index is 0.618. The van der Waals surface area contributed by atoms with Gasteiger partial charge in [-0.25, -0.2) is 0 Å². The number of nitrogens with zero attached hydrogens (tertiary/aromatic N) is 1. The number of hydrogen-bond donors (Lipinski definition) is 1. The van der Waals surface area contributed by atoms with E-state index in [1.807, 2.05) is 19.2 Å². The molecule has 0 bridgehead atoms. The molecular weight excluding hydrogens is 172 g/mol. The highest BCUT2D eigenvalue weighted by atomic mass is 35.5. The van der Waals surface area contributed by atoms with E-state index in [1.54, 1.807) is 6.07 Å². The van der Waals surface area contributed by atoms with Crippen molar-refractivity contribution in [2.45, 2.75) is 6.92 Å². The summed E-state index contributed by atoms with van der Waals surface area (Å²) in [6, 6.07) is 5.66. The molecule has 0 saturated carbocycles. The van der Waals surface area contributed by atoms with Crippen LogP contribution in [-0.4, -0.2) is 13.6 Å². The van der Waals surface area contributed by atoms with Crippen molar-refractivity contribution in [2.24, 2.45) is 0 Å². The Kier molecular flexibility index (Phi) is 2.82. The van der Waals surface area contributed by atoms with Gasteiger partial charge in [-0.3, -0.25) is 0 Å². The first-order chi connectivity index (χ1) is 5.66. The van der Waals surface area contributed by atoms with Gasteiger partial charge in [0.25, 0.3) is 0 Å². The predicted octanol–water partition coefficient (Wildman–Crippen LogP) is 2.38. The molecule has 2 nitrogen and oxygen atoms in total. The average Bonchev–Trinajstić information content (AvgIpc) is 2.08. The number of halogens is 1. The number of hydrogen-bond acceptors (Lipinski definition) is 2. The maximum Gasteiger partial charge on any atom is 0.0741 e. The lowest BCUT2D eigenvalue weighted by Crippen LogP contribution is -2.17. The lowest BCUT2D eigenvalue weighted by Gasteiger charge is -2.19. The first-order valence-electron chi connectivity index (χ1n) is 3.92. The fraction of sp³-hybridized carbons (Fsp3) is 0.333. The maximum absolute atomic E-state index is 5.86. The van der Waals surface area contributed by atoms with Crippen molar-refractivity contribution >= 4 is 23.0 Å². The van der Waals surface area contributed by atoms with Crippen molar-refractivity contribution in [1.29, 1.82) is 0 Å². The zero-order valence-corrected chi connectivity index (χ0v) is 8.10. The number of para-hydroxylation sites is 1. The molecule has 0 aliphatic carbocycles. The monoisotopic (exact) mass is 184 g/mol. The normalized spacial score (nSPS) is 9.92. The molecule has 0 saturated heterocycles. The molecule has 0 aliphatic heterocycles. The SMILES string of the molecule is CCN(C)c1cccc(Cl)c1N. The quantitative estimate of drug-likeness (QED) is 0.716. The van der Waals surface area contributed by atoms with Crippen molar-refractivity contribution < 1.29 is 0 Å². The van der Waals surface area contributed by atoms with Crippen LogP contribution < -0.4 is 10.6 Å². The molecule has 12 heavy (non-hydrogen) atoms. The Morgan fingerprint density at radius 1 is 1.50 bits per heavy atom. The topological polar surface area (TPSA) is 29.3 Å². The van der Waals surface area contributed by atoms with Crippen molar-refractivity contribution in [2.75, 3.05) is 24.2 Å². The van der Waals surface area contributed by atoms with Crippen LogP contribution in [0, 0.1) is 0 Å². The third-order valence-corrected chi connectivity index (χ3v) is 2.25. The van der Waals surface area contributed by atoms with E-state index in [9.17, 15) is 0 Å². The van der Waals surface area contributed by atoms with Gasteiger partial charge in [0.2, 0.25) is 0 Å². The summed E-state index contributed by atoms with van der Waals surface area (Å²) in [5.41, 5.74) is 7.43. The second kappa shape index (κ2) is 3.68. The standard InChI is InChI=1S/C9H13ClN2/c1-3-12(2)8-6-4-5-7(10)9(8)11/h4-6H,3,11H2,1-2H3. The van der Waals surface area contributed by atoms with Crippen molar-refractivity contribution in [3.63, 3.8) is 0 Å². The number of nitrogen functional groups attached to an aromatic ring is 1. The first-order valence-corrected chi connectivity index (χ1v) is 4.29. The lowest BCUT2D eigenvalue weighted by molar-refractivity contribution is 0.970. The van der Waals surface area contributed by atoms with E-state index in [1.165, 1.54) is 0 Å². The van der Waals surface area contributed by atoms with Gasteiger partial charge in [-0.1, -0.05) is 17.7 Å². The number of anilines is 2. The molecule has 0 fully saturated rings. The van der Waals surface area contributed by atoms with E-state index in [0.29, 0.717) is 10.7 Å².